The highest BCUT2D eigenvalue weighted by molar-refractivity contribution is 6.31. The molecule has 22 heavy (non-hydrogen) atoms. The molecule has 0 amide bonds. The molecule has 1 heterocycles. The molecule has 0 bridgehead atoms. The van der Waals surface area contributed by atoms with Gasteiger partial charge in [-0.2, -0.15) is 0 Å². The summed E-state index contributed by atoms with van der Waals surface area (Å²) in [5.74, 6) is 0. The van der Waals surface area contributed by atoms with Gasteiger partial charge in [-0.05, 0) is 23.3 Å². The number of nitrogens with zero attached hydrogens (tertiary/aromatic N) is 1. The third kappa shape index (κ3) is 2.78. The summed E-state index contributed by atoms with van der Waals surface area (Å²) < 4.78 is 0. The highest BCUT2D eigenvalue weighted by atomic mass is 35.5. The molecule has 0 saturated heterocycles. The number of hydrogen-bond donors (Lipinski definition) is 1. The van der Waals surface area contributed by atoms with Crippen molar-refractivity contribution in [3.8, 4) is 0 Å². The van der Waals surface area contributed by atoms with E-state index >= 15 is 0 Å². The van der Waals surface area contributed by atoms with E-state index in [0.717, 1.165) is 27.4 Å². The van der Waals surface area contributed by atoms with Gasteiger partial charge in [0.1, 0.15) is 0 Å². The van der Waals surface area contributed by atoms with Gasteiger partial charge in [0.05, 0.1) is 11.4 Å². The monoisotopic (exact) mass is 308 g/mol. The summed E-state index contributed by atoms with van der Waals surface area (Å²) in [6.07, 6.45) is 4.03. The largest absolute Gasteiger partial charge is 0.397 e. The predicted molar refractivity (Wildman–Crippen MR) is 92.8 cm³/mol. The molecule has 110 valence electrons. The SMILES string of the molecule is C=C1C(N)=C(c2ccccc2)C=CN1Cc1ccccc1Cl. The Kier molecular flexibility index (Phi) is 4.03. The topological polar surface area (TPSA) is 29.3 Å². The van der Waals surface area contributed by atoms with E-state index in [1.807, 2.05) is 71.8 Å². The van der Waals surface area contributed by atoms with Crippen LogP contribution in [0.15, 0.2) is 84.8 Å². The van der Waals surface area contributed by atoms with E-state index in [1.165, 1.54) is 0 Å². The Hall–Kier alpha value is -2.45. The first-order valence-electron chi connectivity index (χ1n) is 7.09. The van der Waals surface area contributed by atoms with Crippen molar-refractivity contribution in [1.29, 1.82) is 0 Å². The molecule has 0 spiro atoms. The van der Waals surface area contributed by atoms with E-state index in [0.29, 0.717) is 12.2 Å². The number of hydrogen-bond acceptors (Lipinski definition) is 2. The maximum Gasteiger partial charge on any atom is 0.0629 e. The first-order chi connectivity index (χ1) is 10.7. The van der Waals surface area contributed by atoms with Crippen LogP contribution in [0, 0.1) is 0 Å². The molecule has 1 aliphatic rings. The van der Waals surface area contributed by atoms with Crippen LogP contribution in [0.2, 0.25) is 5.02 Å². The van der Waals surface area contributed by atoms with Gasteiger partial charge in [-0.3, -0.25) is 0 Å². The van der Waals surface area contributed by atoms with Crippen molar-refractivity contribution in [3.63, 3.8) is 0 Å². The van der Waals surface area contributed by atoms with Crippen LogP contribution in [0.25, 0.3) is 5.57 Å². The van der Waals surface area contributed by atoms with Crippen molar-refractivity contribution >= 4 is 17.2 Å². The highest BCUT2D eigenvalue weighted by Gasteiger charge is 2.17. The lowest BCUT2D eigenvalue weighted by molar-refractivity contribution is 0.464. The van der Waals surface area contributed by atoms with Crippen LogP contribution in [0.4, 0.5) is 0 Å². The maximum atomic E-state index is 6.29. The van der Waals surface area contributed by atoms with Gasteiger partial charge in [0, 0.05) is 23.3 Å². The normalized spacial score (nSPS) is 14.6. The van der Waals surface area contributed by atoms with Gasteiger partial charge in [0.2, 0.25) is 0 Å². The van der Waals surface area contributed by atoms with E-state index in [1.54, 1.807) is 0 Å². The number of allylic oxidation sites excluding steroid dienone is 2. The average molecular weight is 309 g/mol. The van der Waals surface area contributed by atoms with E-state index in [2.05, 4.69) is 6.58 Å². The average Bonchev–Trinajstić information content (AvgIpc) is 2.55. The van der Waals surface area contributed by atoms with Crippen molar-refractivity contribution in [3.05, 3.63) is 101 Å². The lowest BCUT2D eigenvalue weighted by Gasteiger charge is -2.28. The van der Waals surface area contributed by atoms with Crippen molar-refractivity contribution in [1.82, 2.24) is 4.90 Å². The molecule has 0 fully saturated rings. The van der Waals surface area contributed by atoms with Gasteiger partial charge in [0.15, 0.2) is 0 Å². The number of benzene rings is 2. The smallest absolute Gasteiger partial charge is 0.0629 e. The molecule has 0 aromatic heterocycles. The molecule has 3 heteroatoms. The fourth-order valence-electron chi connectivity index (χ4n) is 2.48. The van der Waals surface area contributed by atoms with Crippen LogP contribution in [-0.2, 0) is 6.54 Å². The minimum absolute atomic E-state index is 0.651. The van der Waals surface area contributed by atoms with Gasteiger partial charge >= 0.3 is 0 Å². The van der Waals surface area contributed by atoms with Crippen LogP contribution in [-0.4, -0.2) is 4.90 Å². The molecule has 0 atom stereocenters. The number of rotatable bonds is 3. The van der Waals surface area contributed by atoms with E-state index < -0.39 is 0 Å². The van der Waals surface area contributed by atoms with Crippen LogP contribution in [0.1, 0.15) is 11.1 Å². The molecule has 2 nitrogen and oxygen atoms in total. The van der Waals surface area contributed by atoms with E-state index in [4.69, 9.17) is 17.3 Å². The van der Waals surface area contributed by atoms with Crippen molar-refractivity contribution in [2.75, 3.05) is 0 Å². The standard InChI is InChI=1S/C19H17ClN2/c1-14-19(21)17(15-7-3-2-4-8-15)11-12-22(14)13-16-9-5-6-10-18(16)20/h2-12H,1,13,21H2. The molecular weight excluding hydrogens is 292 g/mol. The van der Waals surface area contributed by atoms with Gasteiger partial charge in [-0.1, -0.05) is 66.7 Å². The summed E-state index contributed by atoms with van der Waals surface area (Å²) in [6, 6.07) is 17.9. The Labute approximate surface area is 135 Å². The van der Waals surface area contributed by atoms with Crippen LogP contribution in [0.3, 0.4) is 0 Å². The van der Waals surface area contributed by atoms with Gasteiger partial charge in [-0.15, -0.1) is 0 Å². The zero-order valence-corrected chi connectivity index (χ0v) is 12.9. The Balaban J connectivity index is 1.86. The first-order valence-corrected chi connectivity index (χ1v) is 7.47. The summed E-state index contributed by atoms with van der Waals surface area (Å²) in [5, 5.41) is 0.750. The second-order valence-electron chi connectivity index (χ2n) is 5.18. The maximum absolute atomic E-state index is 6.29. The molecule has 2 aromatic rings. The van der Waals surface area contributed by atoms with Crippen LogP contribution >= 0.6 is 11.6 Å². The van der Waals surface area contributed by atoms with Gasteiger partial charge in [-0.25, -0.2) is 0 Å². The van der Waals surface area contributed by atoms with E-state index in [-0.39, 0.29) is 0 Å². The lowest BCUT2D eigenvalue weighted by Crippen LogP contribution is -2.23. The Bertz CT molecular complexity index is 760. The van der Waals surface area contributed by atoms with Crippen LogP contribution in [0.5, 0.6) is 0 Å². The zero-order valence-electron chi connectivity index (χ0n) is 12.2. The molecule has 0 aliphatic carbocycles. The molecule has 0 radical (unpaired) electrons. The third-order valence-corrected chi connectivity index (χ3v) is 4.12. The molecule has 2 N–H and O–H groups in total. The molecule has 0 saturated carbocycles. The minimum Gasteiger partial charge on any atom is -0.397 e. The summed E-state index contributed by atoms with van der Waals surface area (Å²) in [7, 11) is 0. The fourth-order valence-corrected chi connectivity index (χ4v) is 2.68. The predicted octanol–water partition coefficient (Wildman–Crippen LogP) is 4.55. The molecule has 1 aliphatic heterocycles. The van der Waals surface area contributed by atoms with Crippen molar-refractivity contribution in [2.45, 2.75) is 6.54 Å². The summed E-state index contributed by atoms with van der Waals surface area (Å²) in [4.78, 5) is 2.02. The molecule has 2 aromatic carbocycles. The number of nitrogens with two attached hydrogens (primary N) is 1. The van der Waals surface area contributed by atoms with Crippen molar-refractivity contribution < 1.29 is 0 Å². The zero-order chi connectivity index (χ0) is 15.5. The third-order valence-electron chi connectivity index (χ3n) is 3.75. The van der Waals surface area contributed by atoms with Gasteiger partial charge < -0.3 is 10.6 Å². The molecule has 3 rings (SSSR count). The Morgan fingerprint density at radius 3 is 2.41 bits per heavy atom. The summed E-state index contributed by atoms with van der Waals surface area (Å²) in [6.45, 7) is 4.78. The molecular formula is C19H17ClN2. The number of halogens is 1. The van der Waals surface area contributed by atoms with Gasteiger partial charge in [0.25, 0.3) is 0 Å². The second kappa shape index (κ2) is 6.12. The lowest BCUT2D eigenvalue weighted by atomic mass is 10.00. The Morgan fingerprint density at radius 1 is 1.00 bits per heavy atom. The minimum atomic E-state index is 0.651. The van der Waals surface area contributed by atoms with Crippen molar-refractivity contribution in [2.24, 2.45) is 5.73 Å². The first kappa shape index (κ1) is 14.5. The Morgan fingerprint density at radius 2 is 1.68 bits per heavy atom. The quantitative estimate of drug-likeness (QED) is 0.901. The second-order valence-corrected chi connectivity index (χ2v) is 5.58. The fraction of sp³-hybridized carbons (Fsp3) is 0.0526. The van der Waals surface area contributed by atoms with Crippen LogP contribution < -0.4 is 5.73 Å². The molecule has 0 unspecified atom stereocenters. The summed E-state index contributed by atoms with van der Waals surface area (Å²) in [5.41, 5.74) is 10.9. The highest BCUT2D eigenvalue weighted by Crippen LogP contribution is 2.29. The summed E-state index contributed by atoms with van der Waals surface area (Å²) >= 11 is 6.23. The van der Waals surface area contributed by atoms with E-state index in [9.17, 15) is 0 Å².